The molecule has 1 aromatic rings. The monoisotopic (exact) mass is 241 g/mol. The topological polar surface area (TPSA) is 30.5 Å². The highest BCUT2D eigenvalue weighted by Gasteiger charge is 2.13. The van der Waals surface area contributed by atoms with Gasteiger partial charge < -0.3 is 14.8 Å². The van der Waals surface area contributed by atoms with Crippen molar-refractivity contribution in [1.29, 1.82) is 0 Å². The van der Waals surface area contributed by atoms with E-state index in [-0.39, 0.29) is 0 Å². The summed E-state index contributed by atoms with van der Waals surface area (Å²) < 4.78 is 10.6. The van der Waals surface area contributed by atoms with Crippen LogP contribution in [0.25, 0.3) is 0 Å². The van der Waals surface area contributed by atoms with Crippen molar-refractivity contribution in [3.05, 3.63) is 21.4 Å². The van der Waals surface area contributed by atoms with E-state index in [1.807, 2.05) is 11.3 Å². The third kappa shape index (κ3) is 3.28. The standard InChI is InChI=1S/C12H19NO2S/c1-9-5-12(16-10(9)2)7-13-6-11-3-4-14-8-15-11/h5,11,13H,3-4,6-8H2,1-2H3. The second kappa shape index (κ2) is 5.77. The van der Waals surface area contributed by atoms with Gasteiger partial charge in [-0.3, -0.25) is 0 Å². The molecule has 0 spiro atoms. The van der Waals surface area contributed by atoms with Crippen LogP contribution < -0.4 is 5.32 Å². The van der Waals surface area contributed by atoms with Gasteiger partial charge >= 0.3 is 0 Å². The number of hydrogen-bond donors (Lipinski definition) is 1. The summed E-state index contributed by atoms with van der Waals surface area (Å²) in [6.07, 6.45) is 1.31. The first-order valence-corrected chi connectivity index (χ1v) is 6.53. The Morgan fingerprint density at radius 2 is 2.38 bits per heavy atom. The number of hydrogen-bond acceptors (Lipinski definition) is 4. The molecule has 3 nitrogen and oxygen atoms in total. The number of aryl methyl sites for hydroxylation is 2. The molecular weight excluding hydrogens is 222 g/mol. The van der Waals surface area contributed by atoms with Gasteiger partial charge in [-0.1, -0.05) is 0 Å². The fourth-order valence-electron chi connectivity index (χ4n) is 1.76. The molecule has 1 unspecified atom stereocenters. The predicted molar refractivity (Wildman–Crippen MR) is 65.8 cm³/mol. The van der Waals surface area contributed by atoms with Gasteiger partial charge in [-0.05, 0) is 31.9 Å². The zero-order valence-electron chi connectivity index (χ0n) is 9.91. The third-order valence-electron chi connectivity index (χ3n) is 2.86. The maximum absolute atomic E-state index is 5.46. The average molecular weight is 241 g/mol. The van der Waals surface area contributed by atoms with Gasteiger partial charge in [0.15, 0.2) is 0 Å². The van der Waals surface area contributed by atoms with E-state index in [1.54, 1.807) is 0 Å². The highest BCUT2D eigenvalue weighted by atomic mass is 32.1. The molecule has 1 aromatic heterocycles. The Balaban J connectivity index is 1.71. The molecule has 2 rings (SSSR count). The molecule has 1 fully saturated rings. The van der Waals surface area contributed by atoms with Crippen molar-refractivity contribution < 1.29 is 9.47 Å². The summed E-state index contributed by atoms with van der Waals surface area (Å²) in [4.78, 5) is 2.82. The maximum Gasteiger partial charge on any atom is 0.147 e. The van der Waals surface area contributed by atoms with Crippen LogP contribution >= 0.6 is 11.3 Å². The van der Waals surface area contributed by atoms with Gasteiger partial charge in [0.05, 0.1) is 12.7 Å². The van der Waals surface area contributed by atoms with Crippen molar-refractivity contribution in [2.24, 2.45) is 0 Å². The van der Waals surface area contributed by atoms with Crippen molar-refractivity contribution >= 4 is 11.3 Å². The lowest BCUT2D eigenvalue weighted by Gasteiger charge is -2.22. The van der Waals surface area contributed by atoms with Crippen LogP contribution in [-0.2, 0) is 16.0 Å². The molecule has 1 N–H and O–H groups in total. The summed E-state index contributed by atoms with van der Waals surface area (Å²) in [7, 11) is 0. The quantitative estimate of drug-likeness (QED) is 0.876. The Bertz CT molecular complexity index is 312. The van der Waals surface area contributed by atoms with Gasteiger partial charge in [-0.15, -0.1) is 11.3 Å². The third-order valence-corrected chi connectivity index (χ3v) is 4.01. The van der Waals surface area contributed by atoms with Gasteiger partial charge in [0.25, 0.3) is 0 Å². The van der Waals surface area contributed by atoms with Crippen molar-refractivity contribution in [1.82, 2.24) is 5.32 Å². The molecule has 0 aromatic carbocycles. The van der Waals surface area contributed by atoms with Crippen LogP contribution in [-0.4, -0.2) is 26.0 Å². The highest BCUT2D eigenvalue weighted by Crippen LogP contribution is 2.20. The lowest BCUT2D eigenvalue weighted by molar-refractivity contribution is -0.137. The van der Waals surface area contributed by atoms with Crippen LogP contribution in [0.5, 0.6) is 0 Å². The second-order valence-corrected chi connectivity index (χ2v) is 5.53. The Kier molecular flexibility index (Phi) is 4.35. The van der Waals surface area contributed by atoms with Crippen LogP contribution in [0.2, 0.25) is 0 Å². The van der Waals surface area contributed by atoms with E-state index in [4.69, 9.17) is 9.47 Å². The molecule has 0 saturated carbocycles. The van der Waals surface area contributed by atoms with E-state index in [0.29, 0.717) is 12.9 Å². The molecule has 2 heterocycles. The van der Waals surface area contributed by atoms with Crippen molar-refractivity contribution in [2.45, 2.75) is 32.9 Å². The van der Waals surface area contributed by atoms with E-state index in [0.717, 1.165) is 26.1 Å². The van der Waals surface area contributed by atoms with Crippen molar-refractivity contribution in [3.8, 4) is 0 Å². The Morgan fingerprint density at radius 1 is 1.50 bits per heavy atom. The van der Waals surface area contributed by atoms with Crippen LogP contribution in [0.4, 0.5) is 0 Å². The van der Waals surface area contributed by atoms with Crippen molar-refractivity contribution in [2.75, 3.05) is 19.9 Å². The number of rotatable bonds is 4. The molecule has 1 atom stereocenters. The number of thiophene rings is 1. The zero-order chi connectivity index (χ0) is 11.4. The first kappa shape index (κ1) is 12.0. The molecule has 1 saturated heterocycles. The van der Waals surface area contributed by atoms with Gasteiger partial charge in [0, 0.05) is 22.8 Å². The van der Waals surface area contributed by atoms with E-state index < -0.39 is 0 Å². The van der Waals surface area contributed by atoms with E-state index >= 15 is 0 Å². The lowest BCUT2D eigenvalue weighted by atomic mass is 10.2. The molecule has 0 aliphatic carbocycles. The van der Waals surface area contributed by atoms with Crippen LogP contribution in [0.15, 0.2) is 6.07 Å². The second-order valence-electron chi connectivity index (χ2n) is 4.19. The molecule has 16 heavy (non-hydrogen) atoms. The minimum absolute atomic E-state index is 0.316. The molecule has 1 aliphatic rings. The summed E-state index contributed by atoms with van der Waals surface area (Å²) >= 11 is 1.87. The predicted octanol–water partition coefficient (Wildman–Crippen LogP) is 2.22. The summed E-state index contributed by atoms with van der Waals surface area (Å²) in [5, 5.41) is 3.44. The molecule has 90 valence electrons. The minimum Gasteiger partial charge on any atom is -0.355 e. The van der Waals surface area contributed by atoms with Gasteiger partial charge in [-0.25, -0.2) is 0 Å². The van der Waals surface area contributed by atoms with Gasteiger partial charge in [0.1, 0.15) is 6.79 Å². The SMILES string of the molecule is Cc1cc(CNCC2CCOCO2)sc1C. The van der Waals surface area contributed by atoms with Gasteiger partial charge in [0.2, 0.25) is 0 Å². The Labute approximate surface area is 101 Å². The highest BCUT2D eigenvalue weighted by molar-refractivity contribution is 7.12. The van der Waals surface area contributed by atoms with Gasteiger partial charge in [-0.2, -0.15) is 0 Å². The first-order valence-electron chi connectivity index (χ1n) is 5.71. The molecule has 0 amide bonds. The fraction of sp³-hybridized carbons (Fsp3) is 0.667. The Hall–Kier alpha value is -0.420. The summed E-state index contributed by atoms with van der Waals surface area (Å²) in [5.74, 6) is 0. The first-order chi connectivity index (χ1) is 7.75. The normalized spacial score (nSPS) is 21.2. The summed E-state index contributed by atoms with van der Waals surface area (Å²) in [6, 6.07) is 2.26. The van der Waals surface area contributed by atoms with Crippen LogP contribution in [0.3, 0.4) is 0 Å². The minimum atomic E-state index is 0.316. The molecule has 0 bridgehead atoms. The summed E-state index contributed by atoms with van der Waals surface area (Å²) in [6.45, 7) is 7.47. The molecular formula is C12H19NO2S. The maximum atomic E-state index is 5.46. The molecule has 4 heteroatoms. The summed E-state index contributed by atoms with van der Waals surface area (Å²) in [5.41, 5.74) is 1.39. The largest absolute Gasteiger partial charge is 0.355 e. The Morgan fingerprint density at radius 3 is 3.00 bits per heavy atom. The van der Waals surface area contributed by atoms with E-state index in [2.05, 4.69) is 25.2 Å². The molecule has 0 radical (unpaired) electrons. The average Bonchev–Trinajstić information content (AvgIpc) is 2.60. The van der Waals surface area contributed by atoms with Crippen LogP contribution in [0.1, 0.15) is 21.7 Å². The van der Waals surface area contributed by atoms with Crippen LogP contribution in [0, 0.1) is 13.8 Å². The lowest BCUT2D eigenvalue weighted by Crippen LogP contribution is -2.33. The smallest absolute Gasteiger partial charge is 0.147 e. The zero-order valence-corrected chi connectivity index (χ0v) is 10.7. The van der Waals surface area contributed by atoms with E-state index in [9.17, 15) is 0 Å². The fourth-order valence-corrected chi connectivity index (χ4v) is 2.78. The van der Waals surface area contributed by atoms with Crippen molar-refractivity contribution in [3.63, 3.8) is 0 Å². The van der Waals surface area contributed by atoms with E-state index in [1.165, 1.54) is 15.3 Å². The molecule has 1 aliphatic heterocycles. The number of ether oxygens (including phenoxy) is 2. The number of nitrogens with one attached hydrogen (secondary N) is 1.